The molecule has 2 N–H and O–H groups in total. The van der Waals surface area contributed by atoms with Crippen LogP contribution in [0.5, 0.6) is 11.5 Å². The number of halogens is 1. The van der Waals surface area contributed by atoms with Gasteiger partial charge in [0.15, 0.2) is 0 Å². The van der Waals surface area contributed by atoms with Crippen LogP contribution in [0.2, 0.25) is 5.02 Å². The topological polar surface area (TPSA) is 85.4 Å². The highest BCUT2D eigenvalue weighted by Crippen LogP contribution is 2.36. The maximum absolute atomic E-state index is 12.2. The van der Waals surface area contributed by atoms with Gasteiger partial charge < -0.3 is 20.1 Å². The van der Waals surface area contributed by atoms with Crippen LogP contribution in [0.25, 0.3) is 0 Å². The molecule has 25 heavy (non-hydrogen) atoms. The molecule has 1 saturated carbocycles. The smallest absolute Gasteiger partial charge is 0.270 e. The zero-order valence-corrected chi connectivity index (χ0v) is 15.0. The molecule has 0 radical (unpaired) electrons. The molecular formula is C17H19ClN4O3. The van der Waals surface area contributed by atoms with Gasteiger partial charge in [0.2, 0.25) is 5.95 Å². The van der Waals surface area contributed by atoms with Gasteiger partial charge in [-0.05, 0) is 25.8 Å². The Labute approximate surface area is 150 Å². The van der Waals surface area contributed by atoms with E-state index >= 15 is 0 Å². The fourth-order valence-electron chi connectivity index (χ4n) is 2.31. The summed E-state index contributed by atoms with van der Waals surface area (Å²) in [5, 5.41) is 6.41. The third-order valence-corrected chi connectivity index (χ3v) is 4.02. The number of aromatic nitrogens is 2. The zero-order chi connectivity index (χ0) is 18.0. The number of benzene rings is 1. The number of nitrogens with zero attached hydrogens (tertiary/aromatic N) is 2. The first-order chi connectivity index (χ1) is 12.0. The van der Waals surface area contributed by atoms with E-state index in [-0.39, 0.29) is 11.9 Å². The van der Waals surface area contributed by atoms with Crippen molar-refractivity contribution in [3.8, 4) is 11.5 Å². The van der Waals surface area contributed by atoms with Crippen LogP contribution in [0.3, 0.4) is 0 Å². The first-order valence-corrected chi connectivity index (χ1v) is 8.23. The number of carbonyl (C=O) groups is 1. The molecular weight excluding hydrogens is 344 g/mol. The van der Waals surface area contributed by atoms with E-state index in [2.05, 4.69) is 20.6 Å². The van der Waals surface area contributed by atoms with Crippen LogP contribution >= 0.6 is 11.6 Å². The van der Waals surface area contributed by atoms with Crippen molar-refractivity contribution in [1.82, 2.24) is 15.3 Å². The Balaban J connectivity index is 1.89. The second kappa shape index (κ2) is 7.14. The van der Waals surface area contributed by atoms with E-state index in [1.54, 1.807) is 25.1 Å². The molecule has 1 aromatic heterocycles. The molecule has 0 atom stereocenters. The summed E-state index contributed by atoms with van der Waals surface area (Å²) in [4.78, 5) is 20.9. The number of nitrogens with one attached hydrogen (secondary N) is 2. The minimum Gasteiger partial charge on any atom is -0.495 e. The molecule has 1 aliphatic carbocycles. The van der Waals surface area contributed by atoms with E-state index in [4.69, 9.17) is 21.1 Å². The predicted octanol–water partition coefficient (Wildman–Crippen LogP) is 3.09. The first-order valence-electron chi connectivity index (χ1n) is 7.85. The lowest BCUT2D eigenvalue weighted by Gasteiger charge is -2.14. The number of carbonyl (C=O) groups excluding carboxylic acids is 1. The van der Waals surface area contributed by atoms with Crippen molar-refractivity contribution in [2.45, 2.75) is 25.8 Å². The van der Waals surface area contributed by atoms with Crippen LogP contribution < -0.4 is 20.1 Å². The van der Waals surface area contributed by atoms with Crippen molar-refractivity contribution in [2.75, 3.05) is 19.5 Å². The largest absolute Gasteiger partial charge is 0.495 e. The van der Waals surface area contributed by atoms with E-state index in [1.165, 1.54) is 14.2 Å². The Morgan fingerprint density at radius 2 is 1.88 bits per heavy atom. The van der Waals surface area contributed by atoms with Crippen LogP contribution in [0, 0.1) is 6.92 Å². The van der Waals surface area contributed by atoms with Gasteiger partial charge in [-0.2, -0.15) is 0 Å². The highest BCUT2D eigenvalue weighted by Gasteiger charge is 2.24. The average Bonchev–Trinajstić information content (AvgIpc) is 3.39. The number of methoxy groups -OCH3 is 2. The number of aryl methyl sites for hydroxylation is 1. The van der Waals surface area contributed by atoms with Crippen LogP contribution in [0.4, 0.5) is 11.6 Å². The molecule has 1 aliphatic rings. The number of anilines is 2. The third-order valence-electron chi connectivity index (χ3n) is 3.72. The molecule has 0 spiro atoms. The summed E-state index contributed by atoms with van der Waals surface area (Å²) < 4.78 is 10.6. The summed E-state index contributed by atoms with van der Waals surface area (Å²) in [6, 6.07) is 5.25. The minimum absolute atomic E-state index is 0.197. The predicted molar refractivity (Wildman–Crippen MR) is 95.1 cm³/mol. The highest BCUT2D eigenvalue weighted by atomic mass is 35.5. The lowest BCUT2D eigenvalue weighted by Crippen LogP contribution is -2.26. The lowest BCUT2D eigenvalue weighted by molar-refractivity contribution is 0.0946. The molecule has 1 amide bonds. The first kappa shape index (κ1) is 17.3. The number of rotatable bonds is 6. The molecule has 132 valence electrons. The second-order valence-corrected chi connectivity index (χ2v) is 6.19. The van der Waals surface area contributed by atoms with E-state index in [0.29, 0.717) is 39.5 Å². The Bertz CT molecular complexity index is 809. The Morgan fingerprint density at radius 3 is 2.52 bits per heavy atom. The molecule has 7 nitrogen and oxygen atoms in total. The van der Waals surface area contributed by atoms with Gasteiger partial charge >= 0.3 is 0 Å². The van der Waals surface area contributed by atoms with Gasteiger partial charge in [0, 0.05) is 23.9 Å². The summed E-state index contributed by atoms with van der Waals surface area (Å²) in [5.41, 5.74) is 1.59. The molecule has 1 fully saturated rings. The Kier molecular flexibility index (Phi) is 4.94. The van der Waals surface area contributed by atoms with Crippen LogP contribution in [-0.2, 0) is 0 Å². The molecule has 0 saturated heterocycles. The van der Waals surface area contributed by atoms with Crippen molar-refractivity contribution >= 4 is 29.1 Å². The van der Waals surface area contributed by atoms with E-state index < -0.39 is 0 Å². The average molecular weight is 363 g/mol. The van der Waals surface area contributed by atoms with Crippen molar-refractivity contribution in [2.24, 2.45) is 0 Å². The summed E-state index contributed by atoms with van der Waals surface area (Å²) in [5.74, 6) is 1.10. The Hall–Kier alpha value is -2.54. The van der Waals surface area contributed by atoms with Gasteiger partial charge in [0.25, 0.3) is 5.91 Å². The lowest BCUT2D eigenvalue weighted by atomic mass is 10.2. The summed E-state index contributed by atoms with van der Waals surface area (Å²) in [6.45, 7) is 1.81. The normalized spacial score (nSPS) is 13.3. The maximum Gasteiger partial charge on any atom is 0.270 e. The molecule has 0 unspecified atom stereocenters. The van der Waals surface area contributed by atoms with Crippen LogP contribution in [0.15, 0.2) is 18.2 Å². The van der Waals surface area contributed by atoms with Gasteiger partial charge in [-0.3, -0.25) is 4.79 Å². The van der Waals surface area contributed by atoms with Crippen molar-refractivity contribution in [1.29, 1.82) is 0 Å². The SMILES string of the molecule is COc1cc(Nc2nc(C)cc(C(=O)NC3CC3)n2)c(OC)cc1Cl. The van der Waals surface area contributed by atoms with Crippen molar-refractivity contribution < 1.29 is 14.3 Å². The van der Waals surface area contributed by atoms with Crippen LogP contribution in [0.1, 0.15) is 29.0 Å². The summed E-state index contributed by atoms with van der Waals surface area (Å²) >= 11 is 6.11. The molecule has 2 aromatic rings. The molecule has 1 aromatic carbocycles. The molecule has 3 rings (SSSR count). The van der Waals surface area contributed by atoms with E-state index in [9.17, 15) is 4.79 Å². The monoisotopic (exact) mass is 362 g/mol. The number of hydrogen-bond acceptors (Lipinski definition) is 6. The van der Waals surface area contributed by atoms with Crippen molar-refractivity contribution in [3.05, 3.63) is 34.6 Å². The number of amides is 1. The number of hydrogen-bond donors (Lipinski definition) is 2. The fraction of sp³-hybridized carbons (Fsp3) is 0.353. The zero-order valence-electron chi connectivity index (χ0n) is 14.2. The van der Waals surface area contributed by atoms with Crippen LogP contribution in [-0.4, -0.2) is 36.1 Å². The maximum atomic E-state index is 12.2. The van der Waals surface area contributed by atoms with Gasteiger partial charge in [-0.25, -0.2) is 9.97 Å². The highest BCUT2D eigenvalue weighted by molar-refractivity contribution is 6.32. The van der Waals surface area contributed by atoms with Gasteiger partial charge in [0.1, 0.15) is 17.2 Å². The Morgan fingerprint density at radius 1 is 1.16 bits per heavy atom. The van der Waals surface area contributed by atoms with Gasteiger partial charge in [-0.1, -0.05) is 11.6 Å². The quantitative estimate of drug-likeness (QED) is 0.821. The number of ether oxygens (including phenoxy) is 2. The molecule has 1 heterocycles. The molecule has 8 heteroatoms. The van der Waals surface area contributed by atoms with Gasteiger partial charge in [0.05, 0.1) is 24.9 Å². The standard InChI is InChI=1S/C17H19ClN4O3/c1-9-6-13(16(23)20-10-4-5-10)22-17(19-9)21-12-8-14(24-2)11(18)7-15(12)25-3/h6-8,10H,4-5H2,1-3H3,(H,20,23)(H,19,21,22). The van der Waals surface area contributed by atoms with E-state index in [1.807, 2.05) is 0 Å². The molecule has 0 aliphatic heterocycles. The minimum atomic E-state index is -0.197. The van der Waals surface area contributed by atoms with Crippen molar-refractivity contribution in [3.63, 3.8) is 0 Å². The fourth-order valence-corrected chi connectivity index (χ4v) is 2.54. The summed E-state index contributed by atoms with van der Waals surface area (Å²) in [6.07, 6.45) is 2.03. The molecule has 0 bridgehead atoms. The van der Waals surface area contributed by atoms with Gasteiger partial charge in [-0.15, -0.1) is 0 Å². The van der Waals surface area contributed by atoms with E-state index in [0.717, 1.165) is 12.8 Å². The summed E-state index contributed by atoms with van der Waals surface area (Å²) in [7, 11) is 3.07. The third kappa shape index (κ3) is 4.11. The second-order valence-electron chi connectivity index (χ2n) is 5.78.